The van der Waals surface area contributed by atoms with E-state index < -0.39 is 0 Å². The lowest BCUT2D eigenvalue weighted by Gasteiger charge is -2.01. The Labute approximate surface area is 106 Å². The second-order valence-electron chi connectivity index (χ2n) is 3.22. The van der Waals surface area contributed by atoms with Gasteiger partial charge >= 0.3 is 0 Å². The number of aryl methyl sites for hydroxylation is 2. The summed E-state index contributed by atoms with van der Waals surface area (Å²) >= 11 is 4.65. The van der Waals surface area contributed by atoms with E-state index in [-0.39, 0.29) is 0 Å². The first kappa shape index (κ1) is 11.5. The van der Waals surface area contributed by atoms with Gasteiger partial charge in [0.2, 0.25) is 0 Å². The zero-order valence-corrected chi connectivity index (χ0v) is 11.2. The Bertz CT molecular complexity index is 480. The van der Waals surface area contributed by atoms with Crippen molar-refractivity contribution in [2.24, 2.45) is 0 Å². The molecule has 0 fully saturated rings. The van der Waals surface area contributed by atoms with Crippen molar-refractivity contribution in [1.29, 1.82) is 0 Å². The summed E-state index contributed by atoms with van der Waals surface area (Å²) in [5.41, 5.74) is 1.90. The minimum atomic E-state index is 0.646. The van der Waals surface area contributed by atoms with E-state index in [4.69, 9.17) is 0 Å². The van der Waals surface area contributed by atoms with E-state index in [0.29, 0.717) is 10.3 Å². The molecule has 0 radical (unpaired) electrons. The third-order valence-corrected chi connectivity index (χ3v) is 2.91. The van der Waals surface area contributed by atoms with E-state index in [1.54, 1.807) is 12.4 Å². The van der Waals surface area contributed by atoms with Gasteiger partial charge < -0.3 is 0 Å². The van der Waals surface area contributed by atoms with Crippen LogP contribution in [-0.2, 0) is 0 Å². The molecule has 16 heavy (non-hydrogen) atoms. The third-order valence-electron chi connectivity index (χ3n) is 1.74. The molecule has 2 rings (SSSR count). The first-order chi connectivity index (χ1) is 7.63. The molecule has 2 aromatic rings. The number of aromatic nitrogens is 4. The molecule has 0 saturated heterocycles. The summed E-state index contributed by atoms with van der Waals surface area (Å²) in [5, 5.41) is 1.33. The van der Waals surface area contributed by atoms with Gasteiger partial charge in [-0.2, -0.15) is 0 Å². The molecule has 0 N–H and O–H groups in total. The Morgan fingerprint density at radius 3 is 2.12 bits per heavy atom. The van der Waals surface area contributed by atoms with Crippen molar-refractivity contribution >= 4 is 27.7 Å². The van der Waals surface area contributed by atoms with Crippen LogP contribution in [0, 0.1) is 13.8 Å². The number of nitrogens with zero attached hydrogens (tertiary/aromatic N) is 4. The molecule has 0 unspecified atom stereocenters. The highest BCUT2D eigenvalue weighted by Crippen LogP contribution is 2.21. The lowest BCUT2D eigenvalue weighted by molar-refractivity contribution is 0.885. The zero-order valence-electron chi connectivity index (χ0n) is 8.81. The van der Waals surface area contributed by atoms with Crippen LogP contribution in [0.25, 0.3) is 0 Å². The topological polar surface area (TPSA) is 51.6 Å². The average Bonchev–Trinajstić information content (AvgIpc) is 2.20. The van der Waals surface area contributed by atoms with Crippen molar-refractivity contribution in [2.75, 3.05) is 0 Å². The van der Waals surface area contributed by atoms with E-state index >= 15 is 0 Å². The molecule has 0 aliphatic carbocycles. The molecule has 6 heteroatoms. The van der Waals surface area contributed by atoms with Crippen molar-refractivity contribution < 1.29 is 0 Å². The lowest BCUT2D eigenvalue weighted by Crippen LogP contribution is -1.94. The Balaban J connectivity index is 2.23. The van der Waals surface area contributed by atoms with E-state index in [9.17, 15) is 0 Å². The minimum Gasteiger partial charge on any atom is -0.230 e. The van der Waals surface area contributed by atoms with Crippen molar-refractivity contribution in [3.8, 4) is 0 Å². The molecule has 82 valence electrons. The fourth-order valence-corrected chi connectivity index (χ4v) is 2.13. The van der Waals surface area contributed by atoms with Gasteiger partial charge in [-0.3, -0.25) is 0 Å². The van der Waals surface area contributed by atoms with Crippen molar-refractivity contribution in [3.05, 3.63) is 34.3 Å². The number of rotatable bonds is 2. The Morgan fingerprint density at radius 2 is 1.56 bits per heavy atom. The second-order valence-corrected chi connectivity index (χ2v) is 5.07. The third kappa shape index (κ3) is 2.99. The molecular weight excluding hydrogens is 288 g/mol. The maximum atomic E-state index is 4.31. The summed E-state index contributed by atoms with van der Waals surface area (Å²) in [4.78, 5) is 16.9. The highest BCUT2D eigenvalue weighted by atomic mass is 79.9. The van der Waals surface area contributed by atoms with Crippen LogP contribution in [0.15, 0.2) is 33.2 Å². The predicted molar refractivity (Wildman–Crippen MR) is 65.4 cm³/mol. The maximum Gasteiger partial charge on any atom is 0.195 e. The number of halogens is 1. The second kappa shape index (κ2) is 4.88. The Kier molecular flexibility index (Phi) is 3.50. The first-order valence-corrected chi connectivity index (χ1v) is 6.22. The highest BCUT2D eigenvalue weighted by Gasteiger charge is 2.04. The van der Waals surface area contributed by atoms with Gasteiger partial charge in [-0.05, 0) is 47.6 Å². The van der Waals surface area contributed by atoms with Crippen LogP contribution in [0.2, 0.25) is 0 Å². The molecule has 2 aromatic heterocycles. The summed E-state index contributed by atoms with van der Waals surface area (Å²) in [5.74, 6) is 0. The SMILES string of the molecule is Cc1cc(C)nc(Sc2ncc(Br)cn2)n1. The van der Waals surface area contributed by atoms with Gasteiger partial charge in [0.15, 0.2) is 10.3 Å². The van der Waals surface area contributed by atoms with E-state index in [1.165, 1.54) is 11.8 Å². The first-order valence-electron chi connectivity index (χ1n) is 4.61. The normalized spacial score (nSPS) is 10.4. The van der Waals surface area contributed by atoms with E-state index in [2.05, 4.69) is 35.9 Å². The van der Waals surface area contributed by atoms with Gasteiger partial charge in [0.05, 0.1) is 4.47 Å². The molecule has 0 atom stereocenters. The van der Waals surface area contributed by atoms with Crippen LogP contribution in [0.1, 0.15) is 11.4 Å². The molecule has 4 nitrogen and oxygen atoms in total. The van der Waals surface area contributed by atoms with Crippen molar-refractivity contribution in [1.82, 2.24) is 19.9 Å². The fourth-order valence-electron chi connectivity index (χ4n) is 1.17. The van der Waals surface area contributed by atoms with Crippen LogP contribution >= 0.6 is 27.7 Å². The van der Waals surface area contributed by atoms with Gasteiger partial charge in [0, 0.05) is 23.8 Å². The molecule has 0 saturated carbocycles. The van der Waals surface area contributed by atoms with Gasteiger partial charge in [-0.25, -0.2) is 19.9 Å². The molecule has 0 bridgehead atoms. The summed E-state index contributed by atoms with van der Waals surface area (Å²) in [7, 11) is 0. The summed E-state index contributed by atoms with van der Waals surface area (Å²) < 4.78 is 0.859. The fraction of sp³-hybridized carbons (Fsp3) is 0.200. The van der Waals surface area contributed by atoms with Crippen LogP contribution in [0.3, 0.4) is 0 Å². The van der Waals surface area contributed by atoms with Gasteiger partial charge in [-0.1, -0.05) is 0 Å². The van der Waals surface area contributed by atoms with Crippen LogP contribution in [0.5, 0.6) is 0 Å². The van der Waals surface area contributed by atoms with E-state index in [1.807, 2.05) is 19.9 Å². The molecule has 0 amide bonds. The van der Waals surface area contributed by atoms with Crippen LogP contribution < -0.4 is 0 Å². The maximum absolute atomic E-state index is 4.31. The summed E-state index contributed by atoms with van der Waals surface area (Å²) in [6, 6.07) is 1.94. The average molecular weight is 297 g/mol. The molecule has 0 aliphatic rings. The number of hydrogen-bond donors (Lipinski definition) is 0. The highest BCUT2D eigenvalue weighted by molar-refractivity contribution is 9.10. The van der Waals surface area contributed by atoms with Crippen LogP contribution in [0.4, 0.5) is 0 Å². The molecule has 0 aliphatic heterocycles. The predicted octanol–water partition coefficient (Wildman–Crippen LogP) is 2.80. The molecule has 0 aromatic carbocycles. The minimum absolute atomic E-state index is 0.646. The van der Waals surface area contributed by atoms with Gasteiger partial charge in [-0.15, -0.1) is 0 Å². The van der Waals surface area contributed by atoms with Crippen molar-refractivity contribution in [3.63, 3.8) is 0 Å². The Hall–Kier alpha value is -1.01. The largest absolute Gasteiger partial charge is 0.230 e. The van der Waals surface area contributed by atoms with Gasteiger partial charge in [0.1, 0.15) is 0 Å². The smallest absolute Gasteiger partial charge is 0.195 e. The molecule has 0 spiro atoms. The van der Waals surface area contributed by atoms with Crippen LogP contribution in [-0.4, -0.2) is 19.9 Å². The number of hydrogen-bond acceptors (Lipinski definition) is 5. The Morgan fingerprint density at radius 1 is 1.00 bits per heavy atom. The monoisotopic (exact) mass is 296 g/mol. The van der Waals surface area contributed by atoms with E-state index in [0.717, 1.165) is 15.9 Å². The summed E-state index contributed by atoms with van der Waals surface area (Å²) in [6.45, 7) is 3.89. The molecule has 2 heterocycles. The standard InChI is InChI=1S/C10H9BrN4S/c1-6-3-7(2)15-10(14-6)16-9-12-4-8(11)5-13-9/h3-5H,1-2H3. The zero-order chi connectivity index (χ0) is 11.5. The summed E-state index contributed by atoms with van der Waals surface area (Å²) in [6.07, 6.45) is 3.41. The lowest BCUT2D eigenvalue weighted by atomic mass is 10.4. The quantitative estimate of drug-likeness (QED) is 0.798. The molecular formula is C10H9BrN4S. The van der Waals surface area contributed by atoms with Crippen molar-refractivity contribution in [2.45, 2.75) is 24.2 Å². The van der Waals surface area contributed by atoms with Gasteiger partial charge in [0.25, 0.3) is 0 Å².